The van der Waals surface area contributed by atoms with Gasteiger partial charge in [0.1, 0.15) is 36.3 Å². The maximum absolute atomic E-state index is 13.2. The fourth-order valence-electron chi connectivity index (χ4n) is 3.58. The summed E-state index contributed by atoms with van der Waals surface area (Å²) in [6.07, 6.45) is -0.773. The largest absolute Gasteiger partial charge is 0.480 e. The second-order valence-electron chi connectivity index (χ2n) is 10.3. The smallest absolute Gasteiger partial charge is 0.328 e. The van der Waals surface area contributed by atoms with Gasteiger partial charge in [-0.15, -0.1) is 0 Å². The average molecular weight is 649 g/mol. The molecule has 0 aromatic rings. The summed E-state index contributed by atoms with van der Waals surface area (Å²) in [6.45, 7) is 1.39. The third-order valence-electron chi connectivity index (χ3n) is 6.04. The summed E-state index contributed by atoms with van der Waals surface area (Å²) in [7, 11) is 0. The second-order valence-corrected chi connectivity index (χ2v) is 10.3. The van der Waals surface area contributed by atoms with Gasteiger partial charge in [0.05, 0.1) is 26.4 Å². The number of nitrogens with two attached hydrogens (primary N) is 2. The highest BCUT2D eigenvalue weighted by atomic mass is 16.4. The number of carboxylic acid groups (broad SMARTS) is 1. The quantitative estimate of drug-likeness (QED) is 0.0551. The Kier molecular flexibility index (Phi) is 18.5. The van der Waals surface area contributed by atoms with Crippen LogP contribution >= 0.6 is 0 Å². The van der Waals surface area contributed by atoms with E-state index in [-0.39, 0.29) is 18.8 Å². The molecule has 0 bridgehead atoms. The number of aliphatic hydroxyl groups is 3. The van der Waals surface area contributed by atoms with Crippen LogP contribution in [0.5, 0.6) is 0 Å². The molecule has 6 atom stereocenters. The zero-order valence-electron chi connectivity index (χ0n) is 25.2. The molecule has 20 heteroatoms. The summed E-state index contributed by atoms with van der Waals surface area (Å²) in [6, 6.07) is -9.03. The number of nitrogens with one attached hydrogen (secondary N) is 6. The SMILES string of the molecule is CC(C)C[C@H](NC(=O)[C@H](CO)NC(=O)[C@H](CO)NC(=O)[C@H](C)NC(=O)CN)C(=O)N[C@@H](CCC(N)=O)C(=O)N[C@@H](CO)C(=O)O. The van der Waals surface area contributed by atoms with Crippen LogP contribution in [-0.4, -0.2) is 130 Å². The van der Waals surface area contributed by atoms with Gasteiger partial charge in [-0.05, 0) is 25.7 Å². The van der Waals surface area contributed by atoms with Gasteiger partial charge < -0.3 is 63.8 Å². The Balaban J connectivity index is 5.73. The lowest BCUT2D eigenvalue weighted by Gasteiger charge is -2.27. The molecule has 14 N–H and O–H groups in total. The van der Waals surface area contributed by atoms with Crippen molar-refractivity contribution in [3.63, 3.8) is 0 Å². The molecule has 0 saturated carbocycles. The number of primary amides is 1. The third-order valence-corrected chi connectivity index (χ3v) is 6.04. The maximum atomic E-state index is 13.2. The summed E-state index contributed by atoms with van der Waals surface area (Å²) >= 11 is 0. The van der Waals surface area contributed by atoms with Crippen LogP contribution in [0.2, 0.25) is 0 Å². The molecule has 0 heterocycles. The van der Waals surface area contributed by atoms with Crippen molar-refractivity contribution in [2.45, 2.75) is 76.3 Å². The van der Waals surface area contributed by atoms with Crippen molar-refractivity contribution in [2.24, 2.45) is 17.4 Å². The van der Waals surface area contributed by atoms with Gasteiger partial charge in [0.2, 0.25) is 41.4 Å². The van der Waals surface area contributed by atoms with Crippen molar-refractivity contribution in [1.82, 2.24) is 31.9 Å². The number of hydrogen-bond donors (Lipinski definition) is 12. The van der Waals surface area contributed by atoms with Crippen molar-refractivity contribution >= 4 is 47.3 Å². The molecular weight excluding hydrogens is 604 g/mol. The molecular formula is C25H44N8O12. The van der Waals surface area contributed by atoms with Gasteiger partial charge >= 0.3 is 5.97 Å². The lowest BCUT2D eigenvalue weighted by molar-refractivity contribution is -0.143. The van der Waals surface area contributed by atoms with E-state index < -0.39 is 116 Å². The Morgan fingerprint density at radius 3 is 1.42 bits per heavy atom. The van der Waals surface area contributed by atoms with Gasteiger partial charge in [-0.2, -0.15) is 0 Å². The topological polar surface area (TPSA) is 342 Å². The molecule has 0 saturated heterocycles. The van der Waals surface area contributed by atoms with Gasteiger partial charge in [-0.1, -0.05) is 13.8 Å². The van der Waals surface area contributed by atoms with Crippen LogP contribution in [0.15, 0.2) is 0 Å². The summed E-state index contributed by atoms with van der Waals surface area (Å²) in [5, 5.41) is 50.9. The molecule has 45 heavy (non-hydrogen) atoms. The zero-order valence-corrected chi connectivity index (χ0v) is 25.2. The minimum atomic E-state index is -1.72. The zero-order chi connectivity index (χ0) is 34.9. The lowest BCUT2D eigenvalue weighted by Crippen LogP contribution is -2.60. The predicted molar refractivity (Wildman–Crippen MR) is 153 cm³/mol. The van der Waals surface area contributed by atoms with E-state index in [0.29, 0.717) is 0 Å². The van der Waals surface area contributed by atoms with Gasteiger partial charge in [-0.3, -0.25) is 33.6 Å². The minimum absolute atomic E-state index is 0.0239. The Labute approximate surface area is 258 Å². The molecule has 0 aromatic carbocycles. The molecule has 0 aromatic heterocycles. The standard InChI is InChI=1S/C25H44N8O12/c1-11(2)6-14(22(41)29-13(4-5-18(27)37)21(40)33-17(10-36)25(44)45)30-23(42)16(9-35)32-24(43)15(8-34)31-20(39)12(3)28-19(38)7-26/h11-17,34-36H,4-10,26H2,1-3H3,(H2,27,37)(H,28,38)(H,29,41)(H,30,42)(H,31,39)(H,32,43)(H,33,40)(H,44,45)/t12-,13-,14-,15-,16-,17-/m0/s1. The van der Waals surface area contributed by atoms with Gasteiger partial charge in [0.15, 0.2) is 0 Å². The Morgan fingerprint density at radius 1 is 0.600 bits per heavy atom. The van der Waals surface area contributed by atoms with E-state index in [1.54, 1.807) is 13.8 Å². The minimum Gasteiger partial charge on any atom is -0.480 e. The van der Waals surface area contributed by atoms with Gasteiger partial charge in [-0.25, -0.2) is 4.79 Å². The van der Waals surface area contributed by atoms with Gasteiger partial charge in [0.25, 0.3) is 0 Å². The molecule has 20 nitrogen and oxygen atoms in total. The van der Waals surface area contributed by atoms with E-state index in [0.717, 1.165) is 0 Å². The molecule has 0 radical (unpaired) electrons. The maximum Gasteiger partial charge on any atom is 0.328 e. The summed E-state index contributed by atoms with van der Waals surface area (Å²) in [5.74, 6) is -8.33. The van der Waals surface area contributed by atoms with Crippen LogP contribution in [0.1, 0.15) is 40.0 Å². The van der Waals surface area contributed by atoms with Crippen molar-refractivity contribution in [3.8, 4) is 0 Å². The van der Waals surface area contributed by atoms with E-state index in [9.17, 15) is 53.7 Å². The van der Waals surface area contributed by atoms with E-state index in [1.165, 1.54) is 6.92 Å². The molecule has 0 aliphatic heterocycles. The van der Waals surface area contributed by atoms with Gasteiger partial charge in [0, 0.05) is 6.42 Å². The Morgan fingerprint density at radius 2 is 1.00 bits per heavy atom. The van der Waals surface area contributed by atoms with Crippen LogP contribution < -0.4 is 43.4 Å². The normalized spacial score (nSPS) is 14.8. The van der Waals surface area contributed by atoms with E-state index in [4.69, 9.17) is 16.6 Å². The predicted octanol–water partition coefficient (Wildman–Crippen LogP) is -6.75. The molecule has 0 spiro atoms. The first-order chi connectivity index (χ1) is 21.0. The third kappa shape index (κ3) is 15.2. The molecule has 0 fully saturated rings. The first kappa shape index (κ1) is 40.6. The first-order valence-electron chi connectivity index (χ1n) is 13.9. The number of rotatable bonds is 21. The number of aliphatic carboxylic acids is 1. The highest BCUT2D eigenvalue weighted by Crippen LogP contribution is 2.08. The number of carbonyl (C=O) groups is 8. The summed E-state index contributed by atoms with van der Waals surface area (Å²) in [4.78, 5) is 97.7. The lowest BCUT2D eigenvalue weighted by atomic mass is 10.0. The van der Waals surface area contributed by atoms with Crippen LogP contribution in [-0.2, 0) is 38.4 Å². The average Bonchev–Trinajstić information content (AvgIpc) is 2.97. The molecule has 0 aliphatic carbocycles. The Bertz CT molecular complexity index is 1070. The first-order valence-corrected chi connectivity index (χ1v) is 13.9. The van der Waals surface area contributed by atoms with Crippen molar-refractivity contribution in [2.75, 3.05) is 26.4 Å². The van der Waals surface area contributed by atoms with Crippen LogP contribution in [0.25, 0.3) is 0 Å². The molecule has 7 amide bonds. The second kappa shape index (κ2) is 20.5. The molecule has 256 valence electrons. The van der Waals surface area contributed by atoms with Crippen molar-refractivity contribution in [1.29, 1.82) is 0 Å². The van der Waals surface area contributed by atoms with E-state index in [2.05, 4.69) is 26.6 Å². The van der Waals surface area contributed by atoms with E-state index in [1.807, 2.05) is 5.32 Å². The Hall–Kier alpha value is -4.40. The highest BCUT2D eigenvalue weighted by molar-refractivity contribution is 5.97. The monoisotopic (exact) mass is 648 g/mol. The van der Waals surface area contributed by atoms with Crippen LogP contribution in [0.3, 0.4) is 0 Å². The molecule has 0 aliphatic rings. The van der Waals surface area contributed by atoms with Crippen LogP contribution in [0, 0.1) is 5.92 Å². The number of aliphatic hydroxyl groups excluding tert-OH is 3. The number of carboxylic acids is 1. The van der Waals surface area contributed by atoms with Crippen molar-refractivity contribution in [3.05, 3.63) is 0 Å². The summed E-state index contributed by atoms with van der Waals surface area (Å²) < 4.78 is 0. The van der Waals surface area contributed by atoms with E-state index >= 15 is 0 Å². The number of carbonyl (C=O) groups excluding carboxylic acids is 7. The highest BCUT2D eigenvalue weighted by Gasteiger charge is 2.33. The number of amides is 7. The van der Waals surface area contributed by atoms with Crippen molar-refractivity contribution < 1.29 is 58.8 Å². The number of hydrogen-bond acceptors (Lipinski definition) is 12. The fraction of sp³-hybridized carbons (Fsp3) is 0.680. The fourth-order valence-corrected chi connectivity index (χ4v) is 3.58. The van der Waals surface area contributed by atoms with Crippen LogP contribution in [0.4, 0.5) is 0 Å². The molecule has 0 rings (SSSR count). The summed E-state index contributed by atoms with van der Waals surface area (Å²) in [5.41, 5.74) is 10.3. The molecule has 0 unspecified atom stereocenters.